The second kappa shape index (κ2) is 9.72. The van der Waals surface area contributed by atoms with Crippen LogP contribution in [0.25, 0.3) is 11.1 Å². The Morgan fingerprint density at radius 2 is 1.58 bits per heavy atom. The van der Waals surface area contributed by atoms with Crippen molar-refractivity contribution < 1.29 is 12.8 Å². The molecule has 4 N–H and O–H groups in total. The van der Waals surface area contributed by atoms with E-state index in [9.17, 15) is 12.8 Å². The summed E-state index contributed by atoms with van der Waals surface area (Å²) in [4.78, 5) is 12.1. The van der Waals surface area contributed by atoms with Crippen molar-refractivity contribution in [3.63, 3.8) is 0 Å². The fraction of sp³-hybridized carbons (Fsp3) is 0.0870. The third kappa shape index (κ3) is 5.88. The van der Waals surface area contributed by atoms with Gasteiger partial charge in [-0.05, 0) is 59.5 Å². The maximum atomic E-state index is 14.2. The number of sulfonamides is 1. The Bertz CT molecular complexity index is 1330. The van der Waals surface area contributed by atoms with E-state index in [0.29, 0.717) is 18.7 Å². The molecule has 168 valence electrons. The van der Waals surface area contributed by atoms with Crippen molar-refractivity contribution >= 4 is 27.5 Å². The number of primary sulfonamides is 1. The van der Waals surface area contributed by atoms with Crippen LogP contribution in [0.3, 0.4) is 0 Å². The average Bonchev–Trinajstić information content (AvgIpc) is 2.82. The van der Waals surface area contributed by atoms with E-state index in [1.807, 2.05) is 36.4 Å². The zero-order chi connectivity index (χ0) is 23.3. The molecule has 0 saturated carbocycles. The minimum atomic E-state index is -3.78. The number of aromatic nitrogens is 3. The number of hydrogen-bond acceptors (Lipinski definition) is 7. The minimum Gasteiger partial charge on any atom is -0.367 e. The number of pyridine rings is 1. The summed E-state index contributed by atoms with van der Waals surface area (Å²) in [5, 5.41) is 11.0. The number of halogens is 1. The lowest BCUT2D eigenvalue weighted by molar-refractivity contribution is 0.598. The standard InChI is InChI=1S/C23H21FN6O2S/c24-21-15-28-23(29-19-5-7-20(8-6-19)33(25,31)32)30-22(21)27-14-9-16-1-3-17(4-2-16)18-10-12-26-13-11-18/h1-8,10-13,15H,9,14H2,(H2,25,31,32)(H2,27,28,29,30). The largest absolute Gasteiger partial charge is 0.367 e. The van der Waals surface area contributed by atoms with Crippen molar-refractivity contribution in [2.24, 2.45) is 5.14 Å². The van der Waals surface area contributed by atoms with Gasteiger partial charge < -0.3 is 10.6 Å². The van der Waals surface area contributed by atoms with Crippen LogP contribution in [0.1, 0.15) is 5.56 Å². The van der Waals surface area contributed by atoms with Crippen LogP contribution in [-0.4, -0.2) is 29.9 Å². The monoisotopic (exact) mass is 464 g/mol. The Balaban J connectivity index is 1.36. The molecule has 2 heterocycles. The number of hydrogen-bond donors (Lipinski definition) is 3. The predicted octanol–water partition coefficient (Wildman–Crippen LogP) is 3.72. The predicted molar refractivity (Wildman–Crippen MR) is 125 cm³/mol. The number of benzene rings is 2. The van der Waals surface area contributed by atoms with Gasteiger partial charge in [0.25, 0.3) is 0 Å². The van der Waals surface area contributed by atoms with Gasteiger partial charge in [-0.25, -0.2) is 22.9 Å². The summed E-state index contributed by atoms with van der Waals surface area (Å²) in [7, 11) is -3.78. The molecule has 4 rings (SSSR count). The van der Waals surface area contributed by atoms with Crippen molar-refractivity contribution in [3.05, 3.63) is 90.6 Å². The first-order valence-corrected chi connectivity index (χ1v) is 11.6. The van der Waals surface area contributed by atoms with Gasteiger partial charge in [0, 0.05) is 24.6 Å². The maximum Gasteiger partial charge on any atom is 0.238 e. The molecule has 0 aliphatic rings. The fourth-order valence-corrected chi connectivity index (χ4v) is 3.66. The highest BCUT2D eigenvalue weighted by Gasteiger charge is 2.09. The highest BCUT2D eigenvalue weighted by Crippen LogP contribution is 2.20. The number of nitrogens with zero attached hydrogens (tertiary/aromatic N) is 3. The van der Waals surface area contributed by atoms with E-state index in [4.69, 9.17) is 5.14 Å². The quantitative estimate of drug-likeness (QED) is 0.363. The first kappa shape index (κ1) is 22.3. The molecule has 8 nitrogen and oxygen atoms in total. The molecule has 0 amide bonds. The van der Waals surface area contributed by atoms with Crippen LogP contribution < -0.4 is 15.8 Å². The van der Waals surface area contributed by atoms with Crippen LogP contribution in [0, 0.1) is 5.82 Å². The fourth-order valence-electron chi connectivity index (χ4n) is 3.14. The van der Waals surface area contributed by atoms with Crippen LogP contribution >= 0.6 is 0 Å². The summed E-state index contributed by atoms with van der Waals surface area (Å²) >= 11 is 0. The van der Waals surface area contributed by atoms with Gasteiger partial charge in [-0.1, -0.05) is 24.3 Å². The molecule has 0 radical (unpaired) electrons. The molecule has 2 aromatic carbocycles. The summed E-state index contributed by atoms with van der Waals surface area (Å²) in [6.07, 6.45) is 5.26. The van der Waals surface area contributed by atoms with Gasteiger partial charge >= 0.3 is 0 Å². The van der Waals surface area contributed by atoms with Crippen molar-refractivity contribution in [1.29, 1.82) is 0 Å². The number of anilines is 3. The van der Waals surface area contributed by atoms with Gasteiger partial charge in [-0.3, -0.25) is 4.98 Å². The summed E-state index contributed by atoms with van der Waals surface area (Å²) < 4.78 is 36.9. The zero-order valence-corrected chi connectivity index (χ0v) is 18.3. The summed E-state index contributed by atoms with van der Waals surface area (Å²) in [5.41, 5.74) is 3.83. The van der Waals surface area contributed by atoms with Crippen LogP contribution in [0.15, 0.2) is 84.1 Å². The molecule has 0 unspecified atom stereocenters. The SMILES string of the molecule is NS(=O)(=O)c1ccc(Nc2ncc(F)c(NCCc3ccc(-c4ccncc4)cc3)n2)cc1. The van der Waals surface area contributed by atoms with Crippen molar-refractivity contribution in [2.45, 2.75) is 11.3 Å². The summed E-state index contributed by atoms with van der Waals surface area (Å²) in [6, 6.07) is 17.8. The highest BCUT2D eigenvalue weighted by atomic mass is 32.2. The Morgan fingerprint density at radius 3 is 2.24 bits per heavy atom. The second-order valence-corrected chi connectivity index (χ2v) is 8.76. The Hall–Kier alpha value is -3.89. The highest BCUT2D eigenvalue weighted by molar-refractivity contribution is 7.89. The molecule has 0 spiro atoms. The Kier molecular flexibility index (Phi) is 6.57. The lowest BCUT2D eigenvalue weighted by atomic mass is 10.0. The van der Waals surface area contributed by atoms with Crippen LogP contribution in [-0.2, 0) is 16.4 Å². The molecule has 10 heteroatoms. The van der Waals surface area contributed by atoms with E-state index in [-0.39, 0.29) is 16.7 Å². The first-order valence-electron chi connectivity index (χ1n) is 10.0. The number of nitrogens with one attached hydrogen (secondary N) is 2. The van der Waals surface area contributed by atoms with Gasteiger partial charge in [0.15, 0.2) is 11.6 Å². The van der Waals surface area contributed by atoms with E-state index < -0.39 is 15.8 Å². The molecule has 0 fully saturated rings. The number of nitrogens with two attached hydrogens (primary N) is 1. The molecule has 0 bridgehead atoms. The molecule has 33 heavy (non-hydrogen) atoms. The molecular formula is C23H21FN6O2S. The van der Waals surface area contributed by atoms with Gasteiger partial charge in [0.2, 0.25) is 16.0 Å². The molecule has 2 aromatic heterocycles. The van der Waals surface area contributed by atoms with E-state index >= 15 is 0 Å². The van der Waals surface area contributed by atoms with Gasteiger partial charge in [-0.2, -0.15) is 4.98 Å². The third-order valence-electron chi connectivity index (χ3n) is 4.86. The molecule has 0 saturated heterocycles. The molecule has 0 aliphatic carbocycles. The number of rotatable bonds is 8. The van der Waals surface area contributed by atoms with Gasteiger partial charge in [0.05, 0.1) is 11.1 Å². The van der Waals surface area contributed by atoms with Crippen molar-refractivity contribution in [3.8, 4) is 11.1 Å². The lowest BCUT2D eigenvalue weighted by Gasteiger charge is -2.10. The maximum absolute atomic E-state index is 14.2. The van der Waals surface area contributed by atoms with E-state index in [1.165, 1.54) is 24.3 Å². The van der Waals surface area contributed by atoms with Gasteiger partial charge in [0.1, 0.15) is 0 Å². The van der Waals surface area contributed by atoms with Gasteiger partial charge in [-0.15, -0.1) is 0 Å². The van der Waals surface area contributed by atoms with E-state index in [2.05, 4.69) is 25.6 Å². The molecule has 4 aromatic rings. The average molecular weight is 465 g/mol. The topological polar surface area (TPSA) is 123 Å². The molecular weight excluding hydrogens is 443 g/mol. The van der Waals surface area contributed by atoms with Crippen LogP contribution in [0.4, 0.5) is 21.8 Å². The second-order valence-electron chi connectivity index (χ2n) is 7.19. The molecule has 0 aliphatic heterocycles. The van der Waals surface area contributed by atoms with Crippen LogP contribution in [0.5, 0.6) is 0 Å². The normalized spacial score (nSPS) is 11.2. The van der Waals surface area contributed by atoms with Crippen molar-refractivity contribution in [1.82, 2.24) is 15.0 Å². The third-order valence-corrected chi connectivity index (χ3v) is 5.79. The van der Waals surface area contributed by atoms with Crippen LogP contribution in [0.2, 0.25) is 0 Å². The Labute approximate surface area is 190 Å². The Morgan fingerprint density at radius 1 is 0.909 bits per heavy atom. The summed E-state index contributed by atoms with van der Waals surface area (Å²) in [6.45, 7) is 0.477. The van der Waals surface area contributed by atoms with Crippen molar-refractivity contribution in [2.75, 3.05) is 17.2 Å². The lowest BCUT2D eigenvalue weighted by Crippen LogP contribution is -2.12. The first-order chi connectivity index (χ1) is 15.9. The minimum absolute atomic E-state index is 0.00996. The van der Waals surface area contributed by atoms with E-state index in [0.717, 1.165) is 22.9 Å². The van der Waals surface area contributed by atoms with E-state index in [1.54, 1.807) is 12.4 Å². The smallest absolute Gasteiger partial charge is 0.238 e. The molecule has 0 atom stereocenters. The summed E-state index contributed by atoms with van der Waals surface area (Å²) in [5.74, 6) is -0.329. The zero-order valence-electron chi connectivity index (χ0n) is 17.4.